The van der Waals surface area contributed by atoms with Crippen LogP contribution in [0.15, 0.2) is 35.8 Å². The highest BCUT2D eigenvalue weighted by Gasteiger charge is 2.31. The minimum atomic E-state index is -4.50. The summed E-state index contributed by atoms with van der Waals surface area (Å²) < 4.78 is 38.4. The van der Waals surface area contributed by atoms with E-state index in [0.717, 1.165) is 30.0 Å². The number of halogens is 3. The Labute approximate surface area is 179 Å². The Kier molecular flexibility index (Phi) is 8.08. The van der Waals surface area contributed by atoms with Gasteiger partial charge in [0.2, 0.25) is 0 Å². The molecule has 0 spiro atoms. The summed E-state index contributed by atoms with van der Waals surface area (Å²) in [5.74, 6) is 0. The Hall–Kier alpha value is -2.15. The maximum Gasteiger partial charge on any atom is 0.431 e. The van der Waals surface area contributed by atoms with Crippen molar-refractivity contribution in [2.75, 3.05) is 0 Å². The molecule has 3 heterocycles. The Bertz CT molecular complexity index is 914. The first-order chi connectivity index (χ1) is 14.5. The Morgan fingerprint density at radius 2 is 1.70 bits per heavy atom. The van der Waals surface area contributed by atoms with E-state index in [0.29, 0.717) is 5.69 Å². The van der Waals surface area contributed by atoms with E-state index in [9.17, 15) is 13.2 Å². The number of nitrogens with zero attached hydrogens (tertiary/aromatic N) is 3. The predicted molar refractivity (Wildman–Crippen MR) is 115 cm³/mol. The third kappa shape index (κ3) is 6.17. The van der Waals surface area contributed by atoms with Gasteiger partial charge in [-0.15, -0.1) is 11.3 Å². The fourth-order valence-electron chi connectivity index (χ4n) is 3.51. The minimum absolute atomic E-state index is 0.143. The van der Waals surface area contributed by atoms with Gasteiger partial charge >= 0.3 is 6.18 Å². The summed E-state index contributed by atoms with van der Waals surface area (Å²) in [6.45, 7) is 2.23. The summed E-state index contributed by atoms with van der Waals surface area (Å²) in [5.41, 5.74) is 1.63. The quantitative estimate of drug-likeness (QED) is 0.293. The van der Waals surface area contributed by atoms with Crippen molar-refractivity contribution in [3.05, 3.63) is 46.4 Å². The number of aromatic nitrogens is 3. The van der Waals surface area contributed by atoms with Crippen molar-refractivity contribution in [1.29, 1.82) is 0 Å². The van der Waals surface area contributed by atoms with Gasteiger partial charge in [0, 0.05) is 16.8 Å². The molecular weight excluding hydrogens is 407 g/mol. The van der Waals surface area contributed by atoms with Crippen LogP contribution in [0.2, 0.25) is 0 Å². The smallest absolute Gasteiger partial charge is 0.431 e. The number of aryl methyl sites for hydroxylation is 1. The third-order valence-electron chi connectivity index (χ3n) is 5.17. The van der Waals surface area contributed by atoms with Crippen LogP contribution >= 0.6 is 11.3 Å². The molecule has 0 aliphatic heterocycles. The van der Waals surface area contributed by atoms with E-state index < -0.39 is 11.9 Å². The van der Waals surface area contributed by atoms with Gasteiger partial charge in [0.1, 0.15) is 5.69 Å². The molecule has 0 N–H and O–H groups in total. The van der Waals surface area contributed by atoms with Crippen LogP contribution in [0.5, 0.6) is 0 Å². The molecule has 3 rings (SSSR count). The Balaban J connectivity index is 1.60. The molecule has 0 fully saturated rings. The molecule has 0 aromatic carbocycles. The topological polar surface area (TPSA) is 39.9 Å². The zero-order valence-electron chi connectivity index (χ0n) is 17.2. The molecule has 0 saturated carbocycles. The predicted octanol–water partition coefficient (Wildman–Crippen LogP) is 7.53. The summed E-state index contributed by atoms with van der Waals surface area (Å²) in [4.78, 5) is 5.50. The molecule has 0 radical (unpaired) electrons. The van der Waals surface area contributed by atoms with Crippen LogP contribution in [0.1, 0.15) is 68.9 Å². The van der Waals surface area contributed by atoms with Gasteiger partial charge in [-0.1, -0.05) is 57.6 Å². The number of rotatable bonds is 11. The number of alkyl halides is 3. The van der Waals surface area contributed by atoms with Crippen LogP contribution in [-0.4, -0.2) is 10.1 Å². The number of pyridine rings is 1. The largest absolute Gasteiger partial charge is 0.573 e. The van der Waals surface area contributed by atoms with Gasteiger partial charge < -0.3 is 10.2 Å². The Morgan fingerprint density at radius 3 is 2.40 bits per heavy atom. The van der Waals surface area contributed by atoms with E-state index in [1.165, 1.54) is 49.8 Å². The molecule has 162 valence electrons. The highest BCUT2D eigenvalue weighted by atomic mass is 32.1. The molecule has 30 heavy (non-hydrogen) atoms. The highest BCUT2D eigenvalue weighted by Crippen LogP contribution is 2.33. The first kappa shape index (κ1) is 22.5. The van der Waals surface area contributed by atoms with E-state index in [1.54, 1.807) is 23.6 Å². The summed E-state index contributed by atoms with van der Waals surface area (Å²) in [5, 5.41) is 8.98. The van der Waals surface area contributed by atoms with E-state index in [-0.39, 0.29) is 5.69 Å². The van der Waals surface area contributed by atoms with Crippen molar-refractivity contribution in [1.82, 2.24) is 15.2 Å². The lowest BCUT2D eigenvalue weighted by molar-refractivity contribution is -0.141. The van der Waals surface area contributed by atoms with Gasteiger partial charge in [0.15, 0.2) is 0 Å². The fraction of sp³-hybridized carbons (Fsp3) is 0.478. The number of thiophene rings is 1. The summed E-state index contributed by atoms with van der Waals surface area (Å²) in [6.07, 6.45) is 8.40. The van der Waals surface area contributed by atoms with E-state index in [2.05, 4.69) is 33.6 Å². The van der Waals surface area contributed by atoms with Gasteiger partial charge in [-0.25, -0.2) is 0 Å². The zero-order chi connectivity index (χ0) is 21.4. The second kappa shape index (κ2) is 10.8. The average molecular weight is 435 g/mol. The molecular formula is C23H27F3N3S-. The lowest BCUT2D eigenvalue weighted by Crippen LogP contribution is -2.04. The van der Waals surface area contributed by atoms with Crippen LogP contribution in [0.4, 0.5) is 13.2 Å². The molecule has 0 unspecified atom stereocenters. The molecule has 0 aliphatic rings. The molecule has 0 atom stereocenters. The van der Waals surface area contributed by atoms with Crippen molar-refractivity contribution >= 4 is 11.3 Å². The van der Waals surface area contributed by atoms with Gasteiger partial charge in [0.25, 0.3) is 0 Å². The molecule has 0 aliphatic carbocycles. The van der Waals surface area contributed by atoms with Gasteiger partial charge in [-0.05, 0) is 53.6 Å². The standard InChI is InChI=1S/C23H27F3N3S/c1-2-3-4-5-6-7-8-9-10-21-18(12-14-30-21)17-11-13-27-19(15-17)20-16-22(29-28-20)23(24,25)26/h11-16H,2-10H2,1H3/q-1. The van der Waals surface area contributed by atoms with Crippen molar-refractivity contribution in [3.63, 3.8) is 0 Å². The van der Waals surface area contributed by atoms with Gasteiger partial charge in [-0.2, -0.15) is 13.2 Å². The average Bonchev–Trinajstić information content (AvgIpc) is 3.40. The van der Waals surface area contributed by atoms with Crippen molar-refractivity contribution in [3.8, 4) is 22.5 Å². The Morgan fingerprint density at radius 1 is 0.967 bits per heavy atom. The molecule has 3 aromatic rings. The zero-order valence-corrected chi connectivity index (χ0v) is 18.0. The van der Waals surface area contributed by atoms with Crippen LogP contribution in [-0.2, 0) is 12.6 Å². The monoisotopic (exact) mass is 434 g/mol. The van der Waals surface area contributed by atoms with Crippen molar-refractivity contribution in [2.45, 2.75) is 70.9 Å². The molecule has 0 bridgehead atoms. The number of unbranched alkanes of at least 4 members (excludes halogenated alkanes) is 7. The maximum atomic E-state index is 12.8. The molecule has 0 amide bonds. The van der Waals surface area contributed by atoms with Crippen molar-refractivity contribution in [2.24, 2.45) is 0 Å². The highest BCUT2D eigenvalue weighted by molar-refractivity contribution is 7.10. The lowest BCUT2D eigenvalue weighted by Gasteiger charge is -2.08. The second-order valence-corrected chi connectivity index (χ2v) is 8.53. The normalized spacial score (nSPS) is 11.9. The number of hydrogen-bond donors (Lipinski definition) is 0. The molecule has 0 saturated heterocycles. The van der Waals surface area contributed by atoms with Crippen LogP contribution < -0.4 is 5.10 Å². The summed E-state index contributed by atoms with van der Waals surface area (Å²) in [7, 11) is 0. The molecule has 7 heteroatoms. The number of hydrogen-bond acceptors (Lipinski definition) is 3. The SMILES string of the molecule is CCCCCCCCCCc1sccc1-c1ccnc(-c2cc(C(F)(F)F)n[n-]2)c1. The van der Waals surface area contributed by atoms with Crippen LogP contribution in [0.25, 0.3) is 22.5 Å². The van der Waals surface area contributed by atoms with E-state index in [4.69, 9.17) is 0 Å². The van der Waals surface area contributed by atoms with Crippen LogP contribution in [0.3, 0.4) is 0 Å². The van der Waals surface area contributed by atoms with Crippen molar-refractivity contribution < 1.29 is 13.2 Å². The fourth-order valence-corrected chi connectivity index (χ4v) is 4.45. The summed E-state index contributed by atoms with van der Waals surface area (Å²) in [6, 6.07) is 6.70. The van der Waals surface area contributed by atoms with Crippen LogP contribution in [0, 0.1) is 0 Å². The maximum absolute atomic E-state index is 12.8. The van der Waals surface area contributed by atoms with E-state index >= 15 is 0 Å². The second-order valence-electron chi connectivity index (χ2n) is 7.52. The first-order valence-corrected chi connectivity index (χ1v) is 11.5. The van der Waals surface area contributed by atoms with Gasteiger partial charge in [0.05, 0.1) is 0 Å². The molecule has 3 aromatic heterocycles. The first-order valence-electron chi connectivity index (χ1n) is 10.6. The molecule has 3 nitrogen and oxygen atoms in total. The summed E-state index contributed by atoms with van der Waals surface area (Å²) >= 11 is 1.73. The van der Waals surface area contributed by atoms with E-state index in [1.807, 2.05) is 6.07 Å². The van der Waals surface area contributed by atoms with Gasteiger partial charge in [-0.3, -0.25) is 4.98 Å². The lowest BCUT2D eigenvalue weighted by atomic mass is 10.0. The minimum Gasteiger partial charge on any atom is -0.573 e. The third-order valence-corrected chi connectivity index (χ3v) is 6.15.